The number of aromatic nitrogens is 1. The summed E-state index contributed by atoms with van der Waals surface area (Å²) in [6, 6.07) is 21.5. The molecule has 1 heterocycles. The van der Waals surface area contributed by atoms with Gasteiger partial charge in [0.2, 0.25) is 0 Å². The minimum Gasteiger partial charge on any atom is -0.376 e. The molecule has 138 valence electrons. The topological polar surface area (TPSA) is 56.3 Å². The summed E-state index contributed by atoms with van der Waals surface area (Å²) in [6.45, 7) is 3.87. The lowest BCUT2D eigenvalue weighted by Crippen LogP contribution is -2.08. The van der Waals surface area contributed by atoms with E-state index < -0.39 is 10.1 Å². The molecule has 5 heteroatoms. The second kappa shape index (κ2) is 8.18. The van der Waals surface area contributed by atoms with Gasteiger partial charge in [0.05, 0.1) is 0 Å². The van der Waals surface area contributed by atoms with Crippen LogP contribution >= 0.6 is 0 Å². The van der Waals surface area contributed by atoms with Crippen molar-refractivity contribution in [3.05, 3.63) is 95.8 Å². The Kier molecular flexibility index (Phi) is 5.72. The Morgan fingerprint density at radius 3 is 2.19 bits per heavy atom. The van der Waals surface area contributed by atoms with Gasteiger partial charge in [-0.1, -0.05) is 61.0 Å². The molecule has 0 amide bonds. The van der Waals surface area contributed by atoms with Crippen molar-refractivity contribution in [2.24, 2.45) is 0 Å². The van der Waals surface area contributed by atoms with Crippen molar-refractivity contribution < 1.29 is 12.6 Å². The Labute approximate surface area is 160 Å². The molecule has 0 aliphatic heterocycles. The number of hydrogen-bond donors (Lipinski definition) is 0. The number of hydrogen-bond acceptors (Lipinski definition) is 4. The third-order valence-corrected chi connectivity index (χ3v) is 5.39. The van der Waals surface area contributed by atoms with Crippen LogP contribution in [0.25, 0.3) is 11.3 Å². The molecule has 3 aromatic rings. The Morgan fingerprint density at radius 1 is 0.926 bits per heavy atom. The monoisotopic (exact) mass is 379 g/mol. The van der Waals surface area contributed by atoms with Gasteiger partial charge < -0.3 is 4.18 Å². The minimum atomic E-state index is -3.99. The lowest BCUT2D eigenvalue weighted by atomic mass is 10.0. The van der Waals surface area contributed by atoms with Crippen molar-refractivity contribution >= 4 is 21.5 Å². The molecule has 27 heavy (non-hydrogen) atoms. The smallest absolute Gasteiger partial charge is 0.339 e. The van der Waals surface area contributed by atoms with E-state index in [9.17, 15) is 8.42 Å². The molecule has 1 aromatic heterocycles. The van der Waals surface area contributed by atoms with Crippen LogP contribution in [0.2, 0.25) is 0 Å². The molecule has 2 aromatic carbocycles. The van der Waals surface area contributed by atoms with E-state index in [1.165, 1.54) is 0 Å². The summed E-state index contributed by atoms with van der Waals surface area (Å²) >= 11 is 0. The van der Waals surface area contributed by atoms with Gasteiger partial charge in [-0.05, 0) is 43.2 Å². The maximum Gasteiger partial charge on any atom is 0.339 e. The fraction of sp³-hybridized carbons (Fsp3) is 0.136. The molecule has 0 radical (unpaired) electrons. The Morgan fingerprint density at radius 2 is 1.59 bits per heavy atom. The van der Waals surface area contributed by atoms with Gasteiger partial charge in [-0.15, -0.1) is 0 Å². The standard InChI is InChI=1S/C22H21NO3S/c1-3-20(18-9-5-4-6-10-18)22(21-11-7-8-16-23-21)26-27(24,25)19-14-12-17(2)13-15-19/h4-16H,3H2,1-2H3/b22-20+. The van der Waals surface area contributed by atoms with Crippen molar-refractivity contribution in [3.63, 3.8) is 0 Å². The van der Waals surface area contributed by atoms with Crippen LogP contribution in [0.1, 0.15) is 30.2 Å². The van der Waals surface area contributed by atoms with Crippen LogP contribution in [0.4, 0.5) is 0 Å². The summed E-state index contributed by atoms with van der Waals surface area (Å²) in [6.07, 6.45) is 2.22. The first-order valence-corrected chi connectivity index (χ1v) is 10.1. The molecular weight excluding hydrogens is 358 g/mol. The van der Waals surface area contributed by atoms with Gasteiger partial charge in [0.15, 0.2) is 5.76 Å². The zero-order valence-electron chi connectivity index (χ0n) is 15.3. The van der Waals surface area contributed by atoms with Crippen LogP contribution in [0.15, 0.2) is 83.9 Å². The third kappa shape index (κ3) is 4.44. The summed E-state index contributed by atoms with van der Waals surface area (Å²) < 4.78 is 31.4. The number of pyridine rings is 1. The quantitative estimate of drug-likeness (QED) is 0.443. The van der Waals surface area contributed by atoms with Crippen molar-refractivity contribution in [1.29, 1.82) is 0 Å². The maximum absolute atomic E-state index is 12.9. The van der Waals surface area contributed by atoms with Crippen molar-refractivity contribution in [1.82, 2.24) is 4.98 Å². The van der Waals surface area contributed by atoms with E-state index in [1.807, 2.05) is 50.2 Å². The maximum atomic E-state index is 12.9. The van der Waals surface area contributed by atoms with Gasteiger partial charge >= 0.3 is 10.1 Å². The van der Waals surface area contributed by atoms with Crippen molar-refractivity contribution in [2.45, 2.75) is 25.2 Å². The average molecular weight is 379 g/mol. The molecule has 0 bridgehead atoms. The Balaban J connectivity index is 2.14. The normalized spacial score (nSPS) is 12.4. The highest BCUT2D eigenvalue weighted by Gasteiger charge is 2.22. The van der Waals surface area contributed by atoms with E-state index in [0.29, 0.717) is 12.1 Å². The lowest BCUT2D eigenvalue weighted by Gasteiger charge is -2.15. The van der Waals surface area contributed by atoms with E-state index in [4.69, 9.17) is 4.18 Å². The average Bonchev–Trinajstić information content (AvgIpc) is 2.69. The molecule has 0 aliphatic rings. The fourth-order valence-electron chi connectivity index (χ4n) is 2.74. The van der Waals surface area contributed by atoms with Gasteiger partial charge in [0.1, 0.15) is 10.6 Å². The molecule has 4 nitrogen and oxygen atoms in total. The summed E-state index contributed by atoms with van der Waals surface area (Å²) in [4.78, 5) is 4.43. The van der Waals surface area contributed by atoms with Crippen LogP contribution in [0.5, 0.6) is 0 Å². The highest BCUT2D eigenvalue weighted by molar-refractivity contribution is 7.87. The summed E-state index contributed by atoms with van der Waals surface area (Å²) in [5, 5.41) is 0. The van der Waals surface area contributed by atoms with E-state index >= 15 is 0 Å². The largest absolute Gasteiger partial charge is 0.376 e. The Hall–Kier alpha value is -2.92. The number of allylic oxidation sites excluding steroid dienone is 1. The van der Waals surface area contributed by atoms with Crippen LogP contribution in [0, 0.1) is 6.92 Å². The second-order valence-corrected chi connectivity index (χ2v) is 7.64. The van der Waals surface area contributed by atoms with Gasteiger partial charge in [-0.25, -0.2) is 0 Å². The van der Waals surface area contributed by atoms with Crippen molar-refractivity contribution in [3.8, 4) is 0 Å². The molecule has 0 N–H and O–H groups in total. The van der Waals surface area contributed by atoms with E-state index in [-0.39, 0.29) is 10.7 Å². The van der Waals surface area contributed by atoms with Gasteiger partial charge in [0, 0.05) is 11.8 Å². The minimum absolute atomic E-state index is 0.116. The summed E-state index contributed by atoms with van der Waals surface area (Å²) in [7, 11) is -3.99. The zero-order valence-corrected chi connectivity index (χ0v) is 16.1. The van der Waals surface area contributed by atoms with E-state index in [2.05, 4.69) is 4.98 Å². The summed E-state index contributed by atoms with van der Waals surface area (Å²) in [5.41, 5.74) is 3.15. The van der Waals surface area contributed by atoms with Crippen molar-refractivity contribution in [2.75, 3.05) is 0 Å². The number of aryl methyl sites for hydroxylation is 1. The summed E-state index contributed by atoms with van der Waals surface area (Å²) in [5.74, 6) is 0.255. The first-order valence-electron chi connectivity index (χ1n) is 8.72. The Bertz CT molecular complexity index is 1030. The molecule has 0 fully saturated rings. The first-order chi connectivity index (χ1) is 13.0. The molecule has 0 atom stereocenters. The van der Waals surface area contributed by atoms with E-state index in [1.54, 1.807) is 42.6 Å². The van der Waals surface area contributed by atoms with Crippen LogP contribution in [-0.2, 0) is 14.3 Å². The second-order valence-electron chi connectivity index (χ2n) is 6.09. The number of nitrogens with zero attached hydrogens (tertiary/aromatic N) is 1. The molecule has 0 saturated carbocycles. The predicted octanol–water partition coefficient (Wildman–Crippen LogP) is 5.07. The van der Waals surface area contributed by atoms with Gasteiger partial charge in [-0.2, -0.15) is 8.42 Å². The number of benzene rings is 2. The molecule has 0 saturated heterocycles. The highest BCUT2D eigenvalue weighted by Crippen LogP contribution is 2.31. The van der Waals surface area contributed by atoms with Gasteiger partial charge in [0.25, 0.3) is 0 Å². The first kappa shape index (κ1) is 18.9. The van der Waals surface area contributed by atoms with Crippen LogP contribution in [-0.4, -0.2) is 13.4 Å². The molecule has 0 aliphatic carbocycles. The van der Waals surface area contributed by atoms with Crippen LogP contribution < -0.4 is 0 Å². The molecule has 0 spiro atoms. The third-order valence-electron chi connectivity index (χ3n) is 4.15. The van der Waals surface area contributed by atoms with Crippen LogP contribution in [0.3, 0.4) is 0 Å². The predicted molar refractivity (Wildman–Crippen MR) is 107 cm³/mol. The van der Waals surface area contributed by atoms with E-state index in [0.717, 1.165) is 16.7 Å². The van der Waals surface area contributed by atoms with Gasteiger partial charge in [-0.3, -0.25) is 4.98 Å². The fourth-order valence-corrected chi connectivity index (χ4v) is 3.71. The zero-order chi connectivity index (χ0) is 19.3. The highest BCUT2D eigenvalue weighted by atomic mass is 32.2. The lowest BCUT2D eigenvalue weighted by molar-refractivity contribution is 0.462. The molecular formula is C22H21NO3S. The SMILES string of the molecule is CC/C(=C(\OS(=O)(=O)c1ccc(C)cc1)c1ccccn1)c1ccccc1. The molecule has 0 unspecified atom stereocenters. The molecule has 3 rings (SSSR count). The number of rotatable bonds is 6.